The second-order valence-electron chi connectivity index (χ2n) is 4.31. The highest BCUT2D eigenvalue weighted by atomic mass is 32.2. The van der Waals surface area contributed by atoms with Gasteiger partial charge in [0.15, 0.2) is 0 Å². The zero-order valence-corrected chi connectivity index (χ0v) is 11.6. The van der Waals surface area contributed by atoms with Crippen LogP contribution in [-0.4, -0.2) is 18.2 Å². The summed E-state index contributed by atoms with van der Waals surface area (Å²) < 4.78 is 28.3. The topological polar surface area (TPSA) is 90.0 Å². The summed E-state index contributed by atoms with van der Waals surface area (Å²) in [4.78, 5) is 0.132. The van der Waals surface area contributed by atoms with Crippen molar-refractivity contribution >= 4 is 15.7 Å². The van der Waals surface area contributed by atoms with E-state index in [4.69, 9.17) is 5.73 Å². The molecule has 7 heteroatoms. The number of sulfonamides is 1. The van der Waals surface area contributed by atoms with E-state index in [2.05, 4.69) is 9.82 Å². The van der Waals surface area contributed by atoms with Crippen LogP contribution in [0.15, 0.2) is 35.5 Å². The fourth-order valence-electron chi connectivity index (χ4n) is 1.65. The number of hydrogen-bond donors (Lipinski definition) is 2. The fraction of sp³-hybridized carbons (Fsp3) is 0.250. The highest BCUT2D eigenvalue weighted by molar-refractivity contribution is 7.92. The molecule has 2 rings (SSSR count). The minimum absolute atomic E-state index is 0.132. The number of nitrogens with two attached hydrogens (primary N) is 1. The Morgan fingerprint density at radius 3 is 2.74 bits per heavy atom. The zero-order valence-electron chi connectivity index (χ0n) is 10.8. The zero-order chi connectivity index (χ0) is 14.0. The van der Waals surface area contributed by atoms with Gasteiger partial charge in [-0.25, -0.2) is 8.42 Å². The van der Waals surface area contributed by atoms with Crippen LogP contribution in [0.5, 0.6) is 0 Å². The molecule has 0 bridgehead atoms. The van der Waals surface area contributed by atoms with Crippen LogP contribution >= 0.6 is 0 Å². The van der Waals surface area contributed by atoms with Gasteiger partial charge in [0.1, 0.15) is 4.90 Å². The van der Waals surface area contributed by atoms with Crippen molar-refractivity contribution in [2.45, 2.75) is 18.4 Å². The summed E-state index contributed by atoms with van der Waals surface area (Å²) in [6.45, 7) is 2.20. The van der Waals surface area contributed by atoms with Gasteiger partial charge in [-0.1, -0.05) is 12.1 Å². The lowest BCUT2D eigenvalue weighted by Crippen LogP contribution is -2.13. The van der Waals surface area contributed by atoms with Crippen molar-refractivity contribution in [3.05, 3.63) is 41.7 Å². The van der Waals surface area contributed by atoms with E-state index in [1.165, 1.54) is 17.1 Å². The molecule has 0 unspecified atom stereocenters. The maximum Gasteiger partial charge on any atom is 0.265 e. The van der Waals surface area contributed by atoms with Gasteiger partial charge >= 0.3 is 0 Å². The first-order chi connectivity index (χ1) is 8.92. The van der Waals surface area contributed by atoms with Crippen molar-refractivity contribution < 1.29 is 8.42 Å². The van der Waals surface area contributed by atoms with Crippen LogP contribution in [0.4, 0.5) is 5.69 Å². The predicted octanol–water partition coefficient (Wildman–Crippen LogP) is 0.988. The molecule has 0 amide bonds. The van der Waals surface area contributed by atoms with Gasteiger partial charge in [0.25, 0.3) is 10.0 Å². The Kier molecular flexibility index (Phi) is 3.59. The van der Waals surface area contributed by atoms with Gasteiger partial charge < -0.3 is 5.73 Å². The molecule has 0 radical (unpaired) electrons. The molecule has 102 valence electrons. The Morgan fingerprint density at radius 2 is 2.16 bits per heavy atom. The number of nitrogens with zero attached hydrogens (tertiary/aromatic N) is 2. The summed E-state index contributed by atoms with van der Waals surface area (Å²) in [6.07, 6.45) is 2.76. The molecule has 2 aromatic rings. The lowest BCUT2D eigenvalue weighted by Gasteiger charge is -2.10. The van der Waals surface area contributed by atoms with E-state index in [1.54, 1.807) is 13.1 Å². The summed E-state index contributed by atoms with van der Waals surface area (Å²) >= 11 is 0. The van der Waals surface area contributed by atoms with Gasteiger partial charge in [0.2, 0.25) is 0 Å². The third-order valence-corrected chi connectivity index (χ3v) is 4.09. The maximum absolute atomic E-state index is 12.2. The molecule has 0 fully saturated rings. The van der Waals surface area contributed by atoms with Gasteiger partial charge in [0.05, 0.1) is 11.9 Å². The summed E-state index contributed by atoms with van der Waals surface area (Å²) in [6, 6.07) is 5.45. The molecule has 19 heavy (non-hydrogen) atoms. The molecule has 1 aromatic carbocycles. The molecular weight excluding hydrogens is 264 g/mol. The monoisotopic (exact) mass is 280 g/mol. The van der Waals surface area contributed by atoms with Crippen molar-refractivity contribution in [3.8, 4) is 0 Å². The number of rotatable bonds is 4. The molecule has 0 atom stereocenters. The fourth-order valence-corrected chi connectivity index (χ4v) is 2.75. The van der Waals surface area contributed by atoms with E-state index in [0.29, 0.717) is 12.2 Å². The molecule has 3 N–H and O–H groups in total. The first kappa shape index (κ1) is 13.6. The second-order valence-corrected chi connectivity index (χ2v) is 5.99. The Hall–Kier alpha value is -1.86. The largest absolute Gasteiger partial charge is 0.326 e. The van der Waals surface area contributed by atoms with Crippen LogP contribution in [0.3, 0.4) is 0 Å². The number of hydrogen-bond acceptors (Lipinski definition) is 4. The summed E-state index contributed by atoms with van der Waals surface area (Å²) in [5.74, 6) is 0. The highest BCUT2D eigenvalue weighted by Gasteiger charge is 2.17. The van der Waals surface area contributed by atoms with Crippen LogP contribution in [-0.2, 0) is 23.6 Å². The van der Waals surface area contributed by atoms with Crippen LogP contribution in [0.2, 0.25) is 0 Å². The van der Waals surface area contributed by atoms with E-state index in [9.17, 15) is 8.42 Å². The Morgan fingerprint density at radius 1 is 1.42 bits per heavy atom. The molecule has 6 nitrogen and oxygen atoms in total. The Labute approximate surface area is 112 Å². The van der Waals surface area contributed by atoms with Crippen LogP contribution in [0, 0.1) is 6.92 Å². The normalized spacial score (nSPS) is 11.5. The minimum Gasteiger partial charge on any atom is -0.326 e. The van der Waals surface area contributed by atoms with E-state index < -0.39 is 10.0 Å². The molecule has 0 saturated carbocycles. The van der Waals surface area contributed by atoms with Crippen molar-refractivity contribution in [1.29, 1.82) is 0 Å². The van der Waals surface area contributed by atoms with Gasteiger partial charge in [-0.05, 0) is 24.1 Å². The average Bonchev–Trinajstić information content (AvgIpc) is 2.79. The SMILES string of the molecule is Cc1ccc(CN)cc1NS(=O)(=O)c1cnn(C)c1. The first-order valence-corrected chi connectivity index (χ1v) is 7.22. The van der Waals surface area contributed by atoms with Gasteiger partial charge in [-0.15, -0.1) is 0 Å². The first-order valence-electron chi connectivity index (χ1n) is 5.73. The molecule has 0 aliphatic heterocycles. The third-order valence-electron chi connectivity index (χ3n) is 2.77. The van der Waals surface area contributed by atoms with Crippen molar-refractivity contribution in [2.24, 2.45) is 12.8 Å². The van der Waals surface area contributed by atoms with Crippen molar-refractivity contribution in [1.82, 2.24) is 9.78 Å². The van der Waals surface area contributed by atoms with E-state index in [1.807, 2.05) is 19.1 Å². The number of aryl methyl sites for hydroxylation is 2. The molecule has 0 aliphatic carbocycles. The summed E-state index contributed by atoms with van der Waals surface area (Å²) in [7, 11) is -1.95. The van der Waals surface area contributed by atoms with Crippen molar-refractivity contribution in [3.63, 3.8) is 0 Å². The Bertz CT molecular complexity index is 692. The number of anilines is 1. The Balaban J connectivity index is 2.35. The van der Waals surface area contributed by atoms with Gasteiger partial charge in [-0.2, -0.15) is 5.10 Å². The number of aromatic nitrogens is 2. The van der Waals surface area contributed by atoms with Crippen LogP contribution in [0.1, 0.15) is 11.1 Å². The third kappa shape index (κ3) is 2.94. The molecule has 1 heterocycles. The maximum atomic E-state index is 12.2. The van der Waals surface area contributed by atoms with Gasteiger partial charge in [-0.3, -0.25) is 9.40 Å². The summed E-state index contributed by atoms with van der Waals surface area (Å²) in [5.41, 5.74) is 7.80. The average molecular weight is 280 g/mol. The molecule has 1 aromatic heterocycles. The predicted molar refractivity (Wildman–Crippen MR) is 73.1 cm³/mol. The van der Waals surface area contributed by atoms with Crippen molar-refractivity contribution in [2.75, 3.05) is 4.72 Å². The molecule has 0 spiro atoms. The van der Waals surface area contributed by atoms with Crippen LogP contribution in [0.25, 0.3) is 0 Å². The lowest BCUT2D eigenvalue weighted by atomic mass is 10.1. The molecule has 0 saturated heterocycles. The smallest absolute Gasteiger partial charge is 0.265 e. The minimum atomic E-state index is -3.61. The van der Waals surface area contributed by atoms with E-state index in [0.717, 1.165) is 11.1 Å². The number of nitrogens with one attached hydrogen (secondary N) is 1. The van der Waals surface area contributed by atoms with Crippen LogP contribution < -0.4 is 10.5 Å². The molecule has 0 aliphatic rings. The number of benzene rings is 1. The standard InChI is InChI=1S/C12H16N4O2S/c1-9-3-4-10(6-13)5-12(9)15-19(17,18)11-7-14-16(2)8-11/h3-5,7-8,15H,6,13H2,1-2H3. The van der Waals surface area contributed by atoms with Gasteiger partial charge in [0, 0.05) is 19.8 Å². The quantitative estimate of drug-likeness (QED) is 0.873. The molecular formula is C12H16N4O2S. The summed E-state index contributed by atoms with van der Waals surface area (Å²) in [5, 5.41) is 3.86. The highest BCUT2D eigenvalue weighted by Crippen LogP contribution is 2.20. The van der Waals surface area contributed by atoms with E-state index in [-0.39, 0.29) is 4.90 Å². The second kappa shape index (κ2) is 5.02. The van der Waals surface area contributed by atoms with E-state index >= 15 is 0 Å². The lowest BCUT2D eigenvalue weighted by molar-refractivity contribution is 0.601.